The lowest BCUT2D eigenvalue weighted by Crippen LogP contribution is -2.35. The molecule has 0 radical (unpaired) electrons. The zero-order chi connectivity index (χ0) is 19.2. The molecular formula is C20H14F2N2O3. The molecule has 1 aliphatic carbocycles. The van der Waals surface area contributed by atoms with E-state index in [1.807, 2.05) is 0 Å². The van der Waals surface area contributed by atoms with Gasteiger partial charge in [0.1, 0.15) is 11.6 Å². The van der Waals surface area contributed by atoms with E-state index in [1.165, 1.54) is 24.4 Å². The van der Waals surface area contributed by atoms with Crippen LogP contribution in [0.5, 0.6) is 0 Å². The van der Waals surface area contributed by atoms with Crippen LogP contribution in [-0.4, -0.2) is 22.0 Å². The number of rotatable bonds is 4. The smallest absolute Gasteiger partial charge is 0.335 e. The summed E-state index contributed by atoms with van der Waals surface area (Å²) < 4.78 is 27.7. The highest BCUT2D eigenvalue weighted by Crippen LogP contribution is 2.46. The van der Waals surface area contributed by atoms with Crippen LogP contribution in [0.1, 0.15) is 39.1 Å². The second kappa shape index (κ2) is 6.12. The maximum absolute atomic E-state index is 13.9. The summed E-state index contributed by atoms with van der Waals surface area (Å²) in [5.41, 5.74) is -0.244. The SMILES string of the molecule is O=C(O)c1cc(F)cc(C2(NC(=O)c3cc(F)cc4cccnc34)CC2)c1. The van der Waals surface area contributed by atoms with Gasteiger partial charge in [-0.15, -0.1) is 0 Å². The van der Waals surface area contributed by atoms with Crippen LogP contribution in [0.4, 0.5) is 8.78 Å². The average Bonchev–Trinajstić information content (AvgIpc) is 3.41. The molecule has 0 spiro atoms. The lowest BCUT2D eigenvalue weighted by atomic mass is 10.0. The number of carboxylic acid groups (broad SMARTS) is 1. The predicted octanol–water partition coefficient (Wildman–Crippen LogP) is 3.63. The number of nitrogens with one attached hydrogen (secondary N) is 1. The van der Waals surface area contributed by atoms with Crippen molar-refractivity contribution >= 4 is 22.8 Å². The number of fused-ring (bicyclic) bond motifs is 1. The quantitative estimate of drug-likeness (QED) is 0.737. The van der Waals surface area contributed by atoms with Gasteiger partial charge in [0.15, 0.2) is 0 Å². The van der Waals surface area contributed by atoms with Gasteiger partial charge in [0.2, 0.25) is 0 Å². The van der Waals surface area contributed by atoms with Crippen molar-refractivity contribution in [3.63, 3.8) is 0 Å². The number of amides is 1. The van der Waals surface area contributed by atoms with E-state index >= 15 is 0 Å². The van der Waals surface area contributed by atoms with Crippen LogP contribution in [-0.2, 0) is 5.54 Å². The minimum atomic E-state index is -1.25. The summed E-state index contributed by atoms with van der Waals surface area (Å²) in [5.74, 6) is -3.05. The van der Waals surface area contributed by atoms with Gasteiger partial charge >= 0.3 is 5.97 Å². The highest BCUT2D eigenvalue weighted by atomic mass is 19.1. The van der Waals surface area contributed by atoms with Crippen molar-refractivity contribution in [2.75, 3.05) is 0 Å². The summed E-state index contributed by atoms with van der Waals surface area (Å²) in [7, 11) is 0. The Morgan fingerprint density at radius 1 is 1.07 bits per heavy atom. The van der Waals surface area contributed by atoms with Gasteiger partial charge in [-0.1, -0.05) is 6.07 Å². The minimum Gasteiger partial charge on any atom is -0.478 e. The highest BCUT2D eigenvalue weighted by molar-refractivity contribution is 6.06. The lowest BCUT2D eigenvalue weighted by molar-refractivity contribution is 0.0696. The van der Waals surface area contributed by atoms with Crippen LogP contribution in [0.25, 0.3) is 10.9 Å². The summed E-state index contributed by atoms with van der Waals surface area (Å²) in [6.45, 7) is 0. The van der Waals surface area contributed by atoms with Gasteiger partial charge < -0.3 is 10.4 Å². The van der Waals surface area contributed by atoms with E-state index in [4.69, 9.17) is 5.11 Å². The van der Waals surface area contributed by atoms with Crippen molar-refractivity contribution < 1.29 is 23.5 Å². The monoisotopic (exact) mass is 368 g/mol. The van der Waals surface area contributed by atoms with Crippen molar-refractivity contribution in [1.82, 2.24) is 10.3 Å². The Kier molecular flexibility index (Phi) is 3.87. The molecule has 1 saturated carbocycles. The van der Waals surface area contributed by atoms with Crippen molar-refractivity contribution in [3.8, 4) is 0 Å². The lowest BCUT2D eigenvalue weighted by Gasteiger charge is -2.19. The van der Waals surface area contributed by atoms with E-state index < -0.39 is 29.0 Å². The van der Waals surface area contributed by atoms with E-state index in [-0.39, 0.29) is 11.1 Å². The molecule has 0 bridgehead atoms. The fourth-order valence-corrected chi connectivity index (χ4v) is 3.21. The molecule has 5 nitrogen and oxygen atoms in total. The zero-order valence-corrected chi connectivity index (χ0v) is 14.0. The van der Waals surface area contributed by atoms with Crippen LogP contribution in [0.2, 0.25) is 0 Å². The molecule has 4 rings (SSSR count). The molecule has 3 aromatic rings. The number of carboxylic acids is 1. The van der Waals surface area contributed by atoms with Crippen molar-refractivity contribution in [2.24, 2.45) is 0 Å². The van der Waals surface area contributed by atoms with Gasteiger partial charge in [0.05, 0.1) is 22.2 Å². The normalized spacial score (nSPS) is 14.7. The molecule has 0 atom stereocenters. The van der Waals surface area contributed by atoms with Crippen LogP contribution in [0.15, 0.2) is 48.7 Å². The predicted molar refractivity (Wildman–Crippen MR) is 93.4 cm³/mol. The van der Waals surface area contributed by atoms with Gasteiger partial charge in [-0.05, 0) is 54.8 Å². The second-order valence-electron chi connectivity index (χ2n) is 6.60. The third-order valence-electron chi connectivity index (χ3n) is 4.71. The fourth-order valence-electron chi connectivity index (χ4n) is 3.21. The molecule has 0 aliphatic heterocycles. The molecule has 2 aromatic carbocycles. The van der Waals surface area contributed by atoms with Gasteiger partial charge in [-0.25, -0.2) is 13.6 Å². The zero-order valence-electron chi connectivity index (χ0n) is 14.0. The van der Waals surface area contributed by atoms with Crippen molar-refractivity contribution in [3.05, 3.63) is 77.0 Å². The third kappa shape index (κ3) is 3.12. The third-order valence-corrected chi connectivity index (χ3v) is 4.71. The van der Waals surface area contributed by atoms with Gasteiger partial charge in [-0.3, -0.25) is 9.78 Å². The number of benzene rings is 2. The average molecular weight is 368 g/mol. The van der Waals surface area contributed by atoms with Crippen molar-refractivity contribution in [1.29, 1.82) is 0 Å². The number of carbonyl (C=O) groups excluding carboxylic acids is 1. The van der Waals surface area contributed by atoms with Crippen LogP contribution in [0.3, 0.4) is 0 Å². The second-order valence-corrected chi connectivity index (χ2v) is 6.60. The minimum absolute atomic E-state index is 0.0757. The van der Waals surface area contributed by atoms with E-state index in [0.29, 0.717) is 29.3 Å². The summed E-state index contributed by atoms with van der Waals surface area (Å²) in [6.07, 6.45) is 2.57. The molecule has 7 heteroatoms. The maximum atomic E-state index is 13.9. The Balaban J connectivity index is 1.71. The number of aromatic carboxylic acids is 1. The first-order valence-corrected chi connectivity index (χ1v) is 8.29. The van der Waals surface area contributed by atoms with E-state index in [9.17, 15) is 18.4 Å². The van der Waals surface area contributed by atoms with Crippen molar-refractivity contribution in [2.45, 2.75) is 18.4 Å². The molecule has 2 N–H and O–H groups in total. The van der Waals surface area contributed by atoms with Gasteiger partial charge in [0.25, 0.3) is 5.91 Å². The fraction of sp³-hybridized carbons (Fsp3) is 0.150. The maximum Gasteiger partial charge on any atom is 0.335 e. The van der Waals surface area contributed by atoms with Gasteiger partial charge in [-0.2, -0.15) is 0 Å². The van der Waals surface area contributed by atoms with E-state index in [2.05, 4.69) is 10.3 Å². The first kappa shape index (κ1) is 17.1. The number of carbonyl (C=O) groups is 2. The Bertz CT molecular complexity index is 1090. The van der Waals surface area contributed by atoms with Crippen LogP contribution < -0.4 is 5.32 Å². The number of halogens is 2. The molecule has 1 aromatic heterocycles. The van der Waals surface area contributed by atoms with Crippen LogP contribution >= 0.6 is 0 Å². The molecule has 1 heterocycles. The standard InChI is InChI=1S/C20H14F2N2O3/c21-14-8-12(19(26)27)6-13(9-14)20(3-4-20)24-18(25)16-10-15(22)7-11-2-1-5-23-17(11)16/h1-2,5-10H,3-4H2,(H,24,25)(H,26,27). The summed E-state index contributed by atoms with van der Waals surface area (Å²) in [6, 6.07) is 9.18. The molecule has 1 amide bonds. The highest BCUT2D eigenvalue weighted by Gasteiger charge is 2.46. The Morgan fingerprint density at radius 2 is 1.81 bits per heavy atom. The Hall–Kier alpha value is -3.35. The number of pyridine rings is 1. The molecule has 136 valence electrons. The summed E-state index contributed by atoms with van der Waals surface area (Å²) in [4.78, 5) is 28.1. The molecule has 0 saturated heterocycles. The number of hydrogen-bond acceptors (Lipinski definition) is 3. The van der Waals surface area contributed by atoms with Gasteiger partial charge in [0, 0.05) is 11.6 Å². The molecule has 0 unspecified atom stereocenters. The number of hydrogen-bond donors (Lipinski definition) is 2. The van der Waals surface area contributed by atoms with E-state index in [0.717, 1.165) is 12.1 Å². The Labute approximate surface area is 152 Å². The summed E-state index contributed by atoms with van der Waals surface area (Å²) in [5, 5.41) is 12.4. The molecule has 27 heavy (non-hydrogen) atoms. The summed E-state index contributed by atoms with van der Waals surface area (Å²) >= 11 is 0. The first-order valence-electron chi connectivity index (χ1n) is 8.29. The molecular weight excluding hydrogens is 354 g/mol. The molecule has 1 aliphatic rings. The van der Waals surface area contributed by atoms with Crippen LogP contribution in [0, 0.1) is 11.6 Å². The topological polar surface area (TPSA) is 79.3 Å². The van der Waals surface area contributed by atoms with E-state index in [1.54, 1.807) is 12.1 Å². The number of nitrogens with zero attached hydrogens (tertiary/aromatic N) is 1. The Morgan fingerprint density at radius 3 is 2.52 bits per heavy atom. The first-order chi connectivity index (χ1) is 12.9. The number of aromatic nitrogens is 1. The largest absolute Gasteiger partial charge is 0.478 e. The molecule has 1 fully saturated rings.